The van der Waals surface area contributed by atoms with Crippen molar-refractivity contribution in [1.82, 2.24) is 9.80 Å². The predicted molar refractivity (Wildman–Crippen MR) is 201 cm³/mol. The number of ether oxygens (including phenoxy) is 2. The Balaban J connectivity index is 0.000000109. The van der Waals surface area contributed by atoms with Gasteiger partial charge in [-0.15, -0.1) is 0 Å². The zero-order valence-electron chi connectivity index (χ0n) is 30.6. The molecule has 10 heterocycles. The summed E-state index contributed by atoms with van der Waals surface area (Å²) in [6.45, 7) is 5.94. The predicted octanol–water partition coefficient (Wildman–Crippen LogP) is 3.53. The summed E-state index contributed by atoms with van der Waals surface area (Å²) in [5.74, 6) is 2.70. The maximum Gasteiger partial charge on any atom is 0.394 e. The second kappa shape index (κ2) is 11.4. The molecule has 12 nitrogen and oxygen atoms in total. The molecule has 2 spiro atoms. The van der Waals surface area contributed by atoms with E-state index in [0.717, 1.165) is 13.1 Å². The minimum absolute atomic E-state index is 0.104. The van der Waals surface area contributed by atoms with E-state index in [0.29, 0.717) is 73.9 Å². The van der Waals surface area contributed by atoms with Crippen LogP contribution in [0.3, 0.4) is 0 Å². The van der Waals surface area contributed by atoms with Crippen molar-refractivity contribution in [3.63, 3.8) is 0 Å². The molecule has 2 N–H and O–H groups in total. The van der Waals surface area contributed by atoms with Crippen LogP contribution in [0, 0.1) is 23.7 Å². The van der Waals surface area contributed by atoms with Crippen molar-refractivity contribution in [2.45, 2.75) is 85.7 Å². The molecule has 14 rings (SSSR count). The van der Waals surface area contributed by atoms with E-state index in [1.807, 2.05) is 0 Å². The number of piperidine rings is 4. The molecule has 55 heavy (non-hydrogen) atoms. The normalized spacial score (nSPS) is 42.8. The summed E-state index contributed by atoms with van der Waals surface area (Å²) in [7, 11) is -4.67. The third kappa shape index (κ3) is 4.30. The Morgan fingerprint density at radius 1 is 0.655 bits per heavy atom. The first-order valence-corrected chi connectivity index (χ1v) is 21.6. The van der Waals surface area contributed by atoms with Crippen LogP contribution in [-0.2, 0) is 40.3 Å². The number of benzene rings is 2. The Bertz CT molecular complexity index is 2080. The SMILES string of the molecule is O=C1C[C@@H]2OCC=C3CN4CC[C@]56c7ccccc7N1[C@H]5[C@H]2[C@H]3C[C@H]46.O=C1C[C@@H]2OCC=C3CN4CC[C@]56c7ccccc7N1[C@H]5[C@H]2[C@H]3C[C@H]46.O=S(=O)(O)O. The minimum Gasteiger partial charge on any atom is -0.373 e. The molecule has 4 bridgehead atoms. The number of fused-ring (bicyclic) bond motifs is 4. The van der Waals surface area contributed by atoms with Gasteiger partial charge in [-0.05, 0) is 73.9 Å². The summed E-state index contributed by atoms with van der Waals surface area (Å²) >= 11 is 0. The smallest absolute Gasteiger partial charge is 0.373 e. The van der Waals surface area contributed by atoms with E-state index in [4.69, 9.17) is 27.0 Å². The zero-order valence-corrected chi connectivity index (χ0v) is 31.4. The molecule has 2 aliphatic carbocycles. The topological polar surface area (TPSA) is 140 Å². The summed E-state index contributed by atoms with van der Waals surface area (Å²) < 4.78 is 44.1. The number of carbonyl (C=O) groups excluding carboxylic acids is 2. The van der Waals surface area contributed by atoms with Crippen molar-refractivity contribution in [3.05, 3.63) is 83.0 Å². The van der Waals surface area contributed by atoms with Crippen molar-refractivity contribution in [2.24, 2.45) is 23.7 Å². The van der Waals surface area contributed by atoms with Crippen molar-refractivity contribution in [1.29, 1.82) is 0 Å². The van der Waals surface area contributed by atoms with Crippen LogP contribution in [0.2, 0.25) is 0 Å². The van der Waals surface area contributed by atoms with E-state index in [-0.39, 0.29) is 34.9 Å². The van der Waals surface area contributed by atoms with Crippen LogP contribution in [0.15, 0.2) is 71.8 Å². The second-order valence-electron chi connectivity index (χ2n) is 18.0. The molecule has 2 saturated carbocycles. The highest BCUT2D eigenvalue weighted by atomic mass is 32.3. The van der Waals surface area contributed by atoms with Gasteiger partial charge in [0.25, 0.3) is 0 Å². The lowest BCUT2D eigenvalue weighted by Crippen LogP contribution is -2.69. The van der Waals surface area contributed by atoms with Gasteiger partial charge in [-0.3, -0.25) is 28.5 Å². The molecule has 2 amide bonds. The molecular formula is C42H46N4O8S. The number of para-hydroxylation sites is 2. The Morgan fingerprint density at radius 3 is 1.51 bits per heavy atom. The maximum atomic E-state index is 13.2. The number of anilines is 2. The standard InChI is InChI=1S/2C21H22N2O2.H2O4S/c2*24-18-10-16-19-13-9-17-21(6-7-22(17)11-12(13)5-8-25-16)14-3-1-2-4-15(14)23(18)20(19)21;1-5(2,3)4/h2*1-5,13,16-17,19-20H,6-11H2;(H2,1,2,3,4)/t2*13-,16-,17-,19-,20-,21+;/m00./s1. The molecule has 0 aromatic heterocycles. The van der Waals surface area contributed by atoms with Crippen LogP contribution in [0.1, 0.15) is 49.7 Å². The maximum absolute atomic E-state index is 13.2. The first kappa shape index (κ1) is 33.7. The Morgan fingerprint density at radius 2 is 1.07 bits per heavy atom. The average molecular weight is 767 g/mol. The fourth-order valence-corrected chi connectivity index (χ4v) is 15.0. The number of hydrogen-bond donors (Lipinski definition) is 2. The van der Waals surface area contributed by atoms with E-state index in [1.165, 1.54) is 61.3 Å². The number of amides is 2. The fourth-order valence-electron chi connectivity index (χ4n) is 15.0. The molecule has 6 saturated heterocycles. The summed E-state index contributed by atoms with van der Waals surface area (Å²) in [6, 6.07) is 19.3. The van der Waals surface area contributed by atoms with E-state index in [9.17, 15) is 9.59 Å². The van der Waals surface area contributed by atoms with E-state index in [1.54, 1.807) is 11.1 Å². The van der Waals surface area contributed by atoms with Crippen LogP contribution in [-0.4, -0.2) is 115 Å². The Hall–Kier alpha value is -3.43. The summed E-state index contributed by atoms with van der Waals surface area (Å²) in [4.78, 5) is 36.2. The molecule has 0 unspecified atom stereocenters. The number of hydrogen-bond acceptors (Lipinski definition) is 8. The quantitative estimate of drug-likeness (QED) is 0.303. The fraction of sp³-hybridized carbons (Fsp3) is 0.571. The van der Waals surface area contributed by atoms with Crippen LogP contribution in [0.5, 0.6) is 0 Å². The van der Waals surface area contributed by atoms with Crippen molar-refractivity contribution in [3.8, 4) is 0 Å². The third-order valence-corrected chi connectivity index (χ3v) is 16.4. The van der Waals surface area contributed by atoms with Crippen LogP contribution in [0.25, 0.3) is 0 Å². The second-order valence-corrected chi connectivity index (χ2v) is 18.9. The largest absolute Gasteiger partial charge is 0.394 e. The number of carbonyl (C=O) groups is 2. The lowest BCUT2D eigenvalue weighted by atomic mass is 9.53. The van der Waals surface area contributed by atoms with Gasteiger partial charge >= 0.3 is 10.4 Å². The van der Waals surface area contributed by atoms with Gasteiger partial charge in [-0.25, -0.2) is 0 Å². The Kier molecular flexibility index (Phi) is 6.96. The van der Waals surface area contributed by atoms with Gasteiger partial charge in [0.05, 0.1) is 50.3 Å². The number of nitrogens with zero attached hydrogens (tertiary/aromatic N) is 4. The lowest BCUT2D eigenvalue weighted by molar-refractivity contribution is -0.133. The highest BCUT2D eigenvalue weighted by Crippen LogP contribution is 2.67. The summed E-state index contributed by atoms with van der Waals surface area (Å²) in [6.07, 6.45) is 10.9. The molecule has 10 aliphatic heterocycles. The van der Waals surface area contributed by atoms with Crippen LogP contribution < -0.4 is 9.80 Å². The minimum atomic E-state index is -4.67. The molecule has 2 aromatic rings. The highest BCUT2D eigenvalue weighted by Gasteiger charge is 2.72. The van der Waals surface area contributed by atoms with Gasteiger partial charge in [0.15, 0.2) is 0 Å². The van der Waals surface area contributed by atoms with Gasteiger partial charge < -0.3 is 19.3 Å². The van der Waals surface area contributed by atoms with Gasteiger partial charge in [0, 0.05) is 59.2 Å². The van der Waals surface area contributed by atoms with E-state index >= 15 is 0 Å². The first-order chi connectivity index (χ1) is 26.6. The molecule has 2 aromatic carbocycles. The van der Waals surface area contributed by atoms with E-state index in [2.05, 4.69) is 80.3 Å². The molecule has 8 fully saturated rings. The van der Waals surface area contributed by atoms with Crippen molar-refractivity contribution < 1.29 is 36.6 Å². The highest BCUT2D eigenvalue weighted by molar-refractivity contribution is 7.79. The molecular weight excluding hydrogens is 721 g/mol. The average Bonchev–Trinajstić information content (AvgIpc) is 3.84. The van der Waals surface area contributed by atoms with Gasteiger partial charge in [0.1, 0.15) is 0 Å². The molecule has 13 heteroatoms. The van der Waals surface area contributed by atoms with Crippen molar-refractivity contribution in [2.75, 3.05) is 49.2 Å². The van der Waals surface area contributed by atoms with Gasteiger partial charge in [0.2, 0.25) is 11.8 Å². The first-order valence-electron chi connectivity index (χ1n) is 20.2. The molecule has 288 valence electrons. The Labute approximate surface area is 320 Å². The summed E-state index contributed by atoms with van der Waals surface area (Å²) in [5.41, 5.74) is 8.71. The monoisotopic (exact) mass is 766 g/mol. The van der Waals surface area contributed by atoms with Crippen molar-refractivity contribution >= 4 is 33.6 Å². The van der Waals surface area contributed by atoms with Gasteiger partial charge in [-0.1, -0.05) is 59.7 Å². The zero-order chi connectivity index (χ0) is 37.2. The number of rotatable bonds is 0. The lowest BCUT2D eigenvalue weighted by Gasteiger charge is -2.58. The summed E-state index contributed by atoms with van der Waals surface area (Å²) in [5, 5.41) is 0. The molecule has 12 atom stereocenters. The molecule has 12 aliphatic rings. The third-order valence-electron chi connectivity index (χ3n) is 16.4. The molecule has 0 radical (unpaired) electrons. The van der Waals surface area contributed by atoms with Crippen LogP contribution >= 0.6 is 0 Å². The van der Waals surface area contributed by atoms with Gasteiger partial charge in [-0.2, -0.15) is 8.42 Å². The van der Waals surface area contributed by atoms with Crippen LogP contribution in [0.4, 0.5) is 11.4 Å². The van der Waals surface area contributed by atoms with E-state index < -0.39 is 10.4 Å².